The van der Waals surface area contributed by atoms with E-state index in [-0.39, 0.29) is 12.6 Å². The predicted molar refractivity (Wildman–Crippen MR) is 62.5 cm³/mol. The van der Waals surface area contributed by atoms with Crippen LogP contribution in [0.15, 0.2) is 18.5 Å². The Balaban J connectivity index is 2.58. The molecule has 0 amide bonds. The molecule has 3 nitrogen and oxygen atoms in total. The second-order valence-corrected chi connectivity index (χ2v) is 4.15. The van der Waals surface area contributed by atoms with Gasteiger partial charge in [-0.2, -0.15) is 8.78 Å². The molecule has 0 aliphatic heterocycles. The monoisotopic (exact) mass is 280 g/mol. The number of aromatic nitrogens is 1. The first-order valence-corrected chi connectivity index (χ1v) is 5.70. The first-order chi connectivity index (χ1) is 8.88. The lowest BCUT2D eigenvalue weighted by Gasteiger charge is -2.20. The summed E-state index contributed by atoms with van der Waals surface area (Å²) in [7, 11) is 1.63. The zero-order chi connectivity index (χ0) is 14.5. The number of hydrogen-bond acceptors (Lipinski definition) is 3. The molecule has 108 valence electrons. The summed E-state index contributed by atoms with van der Waals surface area (Å²) in [6.45, 7) is 0.405. The van der Waals surface area contributed by atoms with Gasteiger partial charge < -0.3 is 10.1 Å². The quantitative estimate of drug-likeness (QED) is 0.779. The first-order valence-electron chi connectivity index (χ1n) is 5.70. The van der Waals surface area contributed by atoms with Crippen LogP contribution in [-0.2, 0) is 4.74 Å². The van der Waals surface area contributed by atoms with Crippen molar-refractivity contribution in [1.82, 2.24) is 10.3 Å². The van der Waals surface area contributed by atoms with Crippen molar-refractivity contribution in [2.24, 2.45) is 0 Å². The van der Waals surface area contributed by atoms with Crippen LogP contribution in [0.25, 0.3) is 0 Å². The lowest BCUT2D eigenvalue weighted by molar-refractivity contribution is -0.167. The minimum atomic E-state index is -4.12. The Morgan fingerprint density at radius 3 is 2.63 bits per heavy atom. The van der Waals surface area contributed by atoms with Crippen molar-refractivity contribution in [3.05, 3.63) is 29.6 Å². The zero-order valence-corrected chi connectivity index (χ0v) is 10.7. The fourth-order valence-electron chi connectivity index (χ4n) is 1.55. The Morgan fingerprint density at radius 2 is 2.11 bits per heavy atom. The summed E-state index contributed by atoms with van der Waals surface area (Å²) in [6.07, 6.45) is -0.525. The zero-order valence-electron chi connectivity index (χ0n) is 10.7. The minimum Gasteiger partial charge on any atom is -0.373 e. The molecule has 1 unspecified atom stereocenters. The molecule has 1 atom stereocenters. The summed E-state index contributed by atoms with van der Waals surface area (Å²) in [5.74, 6) is -4.12. The number of alkyl halides is 4. The molecule has 0 aliphatic rings. The SMILES string of the molecule is CNC(COCC(F)(F)C(F)F)c1cnccc1C. The van der Waals surface area contributed by atoms with E-state index in [0.29, 0.717) is 0 Å². The van der Waals surface area contributed by atoms with Gasteiger partial charge in [-0.05, 0) is 31.2 Å². The number of hydrogen-bond donors (Lipinski definition) is 1. The number of pyridine rings is 1. The average Bonchev–Trinajstić information content (AvgIpc) is 2.35. The molecule has 0 bridgehead atoms. The molecule has 0 aromatic carbocycles. The Kier molecular flexibility index (Phi) is 5.68. The molecule has 1 N–H and O–H groups in total. The maximum absolute atomic E-state index is 12.7. The highest BCUT2D eigenvalue weighted by molar-refractivity contribution is 5.25. The second kappa shape index (κ2) is 6.81. The summed E-state index contributed by atoms with van der Waals surface area (Å²) in [5, 5.41) is 2.88. The normalized spacial score (nSPS) is 13.8. The van der Waals surface area contributed by atoms with E-state index in [4.69, 9.17) is 4.74 Å². The van der Waals surface area contributed by atoms with Crippen molar-refractivity contribution >= 4 is 0 Å². The van der Waals surface area contributed by atoms with Crippen molar-refractivity contribution in [1.29, 1.82) is 0 Å². The van der Waals surface area contributed by atoms with E-state index in [2.05, 4.69) is 10.3 Å². The Bertz CT molecular complexity index is 401. The van der Waals surface area contributed by atoms with E-state index >= 15 is 0 Å². The molecule has 19 heavy (non-hydrogen) atoms. The standard InChI is InChI=1S/C12H16F4N2O/c1-8-3-4-18-5-9(8)10(17-2)6-19-7-12(15,16)11(13)14/h3-5,10-11,17H,6-7H2,1-2H3. The third kappa shape index (κ3) is 4.43. The fourth-order valence-corrected chi connectivity index (χ4v) is 1.55. The van der Waals surface area contributed by atoms with Crippen LogP contribution in [0.3, 0.4) is 0 Å². The Hall–Kier alpha value is -1.21. The molecule has 1 rings (SSSR count). The van der Waals surface area contributed by atoms with Crippen LogP contribution in [0.1, 0.15) is 17.2 Å². The van der Waals surface area contributed by atoms with Crippen molar-refractivity contribution in [2.75, 3.05) is 20.3 Å². The van der Waals surface area contributed by atoms with Crippen LogP contribution in [-0.4, -0.2) is 37.6 Å². The number of halogens is 4. The van der Waals surface area contributed by atoms with E-state index in [1.807, 2.05) is 6.92 Å². The van der Waals surface area contributed by atoms with Gasteiger partial charge in [0.25, 0.3) is 0 Å². The van der Waals surface area contributed by atoms with E-state index in [1.165, 1.54) is 0 Å². The lowest BCUT2D eigenvalue weighted by Crippen LogP contribution is -2.34. The van der Waals surface area contributed by atoms with Gasteiger partial charge in [0.2, 0.25) is 0 Å². The number of nitrogens with one attached hydrogen (secondary N) is 1. The van der Waals surface area contributed by atoms with Gasteiger partial charge in [0.15, 0.2) is 0 Å². The van der Waals surface area contributed by atoms with Crippen LogP contribution in [0.5, 0.6) is 0 Å². The summed E-state index contributed by atoms with van der Waals surface area (Å²) in [6, 6.07) is 1.40. The van der Waals surface area contributed by atoms with Gasteiger partial charge >= 0.3 is 12.3 Å². The summed E-state index contributed by atoms with van der Waals surface area (Å²) < 4.78 is 54.0. The van der Waals surface area contributed by atoms with Crippen LogP contribution in [0, 0.1) is 6.92 Å². The van der Waals surface area contributed by atoms with Gasteiger partial charge in [-0.1, -0.05) is 0 Å². The molecule has 0 radical (unpaired) electrons. The fraction of sp³-hybridized carbons (Fsp3) is 0.583. The number of nitrogens with zero attached hydrogens (tertiary/aromatic N) is 1. The predicted octanol–water partition coefficient (Wildman–Crippen LogP) is 2.57. The third-order valence-electron chi connectivity index (χ3n) is 2.70. The number of aryl methyl sites for hydroxylation is 1. The van der Waals surface area contributed by atoms with E-state index in [1.54, 1.807) is 25.5 Å². The molecule has 0 fully saturated rings. The summed E-state index contributed by atoms with van der Waals surface area (Å²) in [4.78, 5) is 3.94. The molecular formula is C12H16F4N2O. The van der Waals surface area contributed by atoms with Gasteiger partial charge in [-0.15, -0.1) is 0 Å². The largest absolute Gasteiger partial charge is 0.373 e. The second-order valence-electron chi connectivity index (χ2n) is 4.15. The highest BCUT2D eigenvalue weighted by atomic mass is 19.3. The highest BCUT2D eigenvalue weighted by Crippen LogP contribution is 2.24. The molecule has 0 aliphatic carbocycles. The van der Waals surface area contributed by atoms with Gasteiger partial charge in [-0.25, -0.2) is 8.78 Å². The molecule has 7 heteroatoms. The topological polar surface area (TPSA) is 34.1 Å². The number of likely N-dealkylation sites (N-methyl/N-ethyl adjacent to an activating group) is 1. The Labute approximate surface area is 109 Å². The first kappa shape index (κ1) is 15.8. The van der Waals surface area contributed by atoms with Gasteiger partial charge in [0.1, 0.15) is 6.61 Å². The van der Waals surface area contributed by atoms with Gasteiger partial charge in [0.05, 0.1) is 12.6 Å². The minimum absolute atomic E-state index is 0.134. The molecule has 0 saturated carbocycles. The smallest absolute Gasteiger partial charge is 0.330 e. The van der Waals surface area contributed by atoms with E-state index < -0.39 is 19.0 Å². The summed E-state index contributed by atoms with van der Waals surface area (Å²) >= 11 is 0. The molecule has 0 saturated heterocycles. The van der Waals surface area contributed by atoms with Crippen LogP contribution >= 0.6 is 0 Å². The number of ether oxygens (including phenoxy) is 1. The van der Waals surface area contributed by atoms with Crippen molar-refractivity contribution in [3.8, 4) is 0 Å². The summed E-state index contributed by atoms with van der Waals surface area (Å²) in [5.41, 5.74) is 1.70. The number of rotatable bonds is 7. The maximum Gasteiger partial charge on any atom is 0.330 e. The molecule has 1 heterocycles. The van der Waals surface area contributed by atoms with E-state index in [0.717, 1.165) is 11.1 Å². The lowest BCUT2D eigenvalue weighted by atomic mass is 10.1. The molecule has 1 aromatic rings. The molecule has 1 aromatic heterocycles. The van der Waals surface area contributed by atoms with Gasteiger partial charge in [0, 0.05) is 12.4 Å². The Morgan fingerprint density at radius 1 is 1.42 bits per heavy atom. The maximum atomic E-state index is 12.7. The van der Waals surface area contributed by atoms with Crippen LogP contribution in [0.2, 0.25) is 0 Å². The molecular weight excluding hydrogens is 264 g/mol. The van der Waals surface area contributed by atoms with Crippen molar-refractivity contribution in [2.45, 2.75) is 25.3 Å². The van der Waals surface area contributed by atoms with Gasteiger partial charge in [-0.3, -0.25) is 4.98 Å². The highest BCUT2D eigenvalue weighted by Gasteiger charge is 2.41. The average molecular weight is 280 g/mol. The van der Waals surface area contributed by atoms with Crippen LogP contribution < -0.4 is 5.32 Å². The third-order valence-corrected chi connectivity index (χ3v) is 2.70. The van der Waals surface area contributed by atoms with Crippen molar-refractivity contribution < 1.29 is 22.3 Å². The molecule has 0 spiro atoms. The van der Waals surface area contributed by atoms with Crippen LogP contribution in [0.4, 0.5) is 17.6 Å². The van der Waals surface area contributed by atoms with E-state index in [9.17, 15) is 17.6 Å². The van der Waals surface area contributed by atoms with Crippen molar-refractivity contribution in [3.63, 3.8) is 0 Å².